The third-order valence-corrected chi connectivity index (χ3v) is 9.02. The summed E-state index contributed by atoms with van der Waals surface area (Å²) >= 11 is 5.79. The zero-order chi connectivity index (χ0) is 25.9. The van der Waals surface area contributed by atoms with E-state index < -0.39 is 85.4 Å². The van der Waals surface area contributed by atoms with Crippen LogP contribution in [0.5, 0.6) is 0 Å². The minimum Gasteiger partial charge on any atom is -0.480 e. The predicted molar refractivity (Wildman–Crippen MR) is 105 cm³/mol. The molecule has 0 radical (unpaired) electrons. The van der Waals surface area contributed by atoms with Crippen LogP contribution in [0.3, 0.4) is 0 Å². The first kappa shape index (κ1) is 26.1. The molecule has 1 aliphatic carbocycles. The summed E-state index contributed by atoms with van der Waals surface area (Å²) in [5.74, 6) is -10.6. The van der Waals surface area contributed by atoms with Crippen LogP contribution < -0.4 is 5.73 Å². The molecule has 3 N–H and O–H groups in total. The Morgan fingerprint density at radius 3 is 2.29 bits per heavy atom. The number of sulfone groups is 1. The highest BCUT2D eigenvalue weighted by Crippen LogP contribution is 2.54. The summed E-state index contributed by atoms with van der Waals surface area (Å²) in [6.45, 7) is -0.863. The van der Waals surface area contributed by atoms with Crippen LogP contribution in [-0.4, -0.2) is 66.3 Å². The molecule has 1 saturated carbocycles. The second-order valence-electron chi connectivity index (χ2n) is 8.23. The first-order valence-electron chi connectivity index (χ1n) is 9.65. The Kier molecular flexibility index (Phi) is 6.39. The number of rotatable bonds is 7. The monoisotopic (exact) mass is 529 g/mol. The van der Waals surface area contributed by atoms with Gasteiger partial charge in [0.05, 0.1) is 16.0 Å². The molecule has 2 fully saturated rings. The number of carbonyl (C=O) groups excluding carboxylic acids is 1. The van der Waals surface area contributed by atoms with Gasteiger partial charge in [-0.3, -0.25) is 14.5 Å². The Morgan fingerprint density at radius 2 is 1.85 bits per heavy atom. The van der Waals surface area contributed by atoms with E-state index in [1.54, 1.807) is 6.07 Å². The lowest BCUT2D eigenvalue weighted by molar-refractivity contribution is -0.285. The van der Waals surface area contributed by atoms with E-state index in [-0.39, 0.29) is 6.42 Å². The van der Waals surface area contributed by atoms with Gasteiger partial charge in [-0.05, 0) is 30.9 Å². The van der Waals surface area contributed by atoms with Crippen molar-refractivity contribution in [3.8, 4) is 6.07 Å². The highest BCUT2D eigenvalue weighted by atomic mass is 35.5. The summed E-state index contributed by atoms with van der Waals surface area (Å²) in [6, 6.07) is 2.82. The van der Waals surface area contributed by atoms with Gasteiger partial charge in [0, 0.05) is 12.6 Å². The maximum atomic E-state index is 14.7. The molecule has 1 aromatic rings. The summed E-state index contributed by atoms with van der Waals surface area (Å²) < 4.78 is 96.0. The minimum atomic E-state index is -6.29. The van der Waals surface area contributed by atoms with Crippen LogP contribution in [0, 0.1) is 22.7 Å². The average Bonchev–Trinajstić information content (AvgIpc) is 3.31. The van der Waals surface area contributed by atoms with Crippen LogP contribution in [0.15, 0.2) is 29.2 Å². The van der Waals surface area contributed by atoms with Gasteiger partial charge in [0.1, 0.15) is 11.3 Å². The standard InChI is InChI=1S/C19H17ClF5N3O5S/c20-10-3-1-2-4-12(10)34(32,33)14(18(21,22)19(23,24)25)9-5-11(15(29)30)28(7-9)13-6-17(13,8-26)16(27)31/h1-4,9,11,13-14H,5-7H2,(H2,27,31)(H,29,30)/t9-,11+,13?,14?,17?/m1/s1. The van der Waals surface area contributed by atoms with Crippen molar-refractivity contribution in [3.63, 3.8) is 0 Å². The summed E-state index contributed by atoms with van der Waals surface area (Å²) in [6.07, 6.45) is -7.47. The van der Waals surface area contributed by atoms with Crippen LogP contribution in [0.25, 0.3) is 0 Å². The molecule has 3 unspecified atom stereocenters. The number of carbonyl (C=O) groups is 2. The number of carboxylic acids is 1. The van der Waals surface area contributed by atoms with Crippen LogP contribution in [0.4, 0.5) is 22.0 Å². The largest absolute Gasteiger partial charge is 0.480 e. The number of hydrogen-bond acceptors (Lipinski definition) is 6. The lowest BCUT2D eigenvalue weighted by atomic mass is 9.96. The first-order chi connectivity index (χ1) is 15.5. The Balaban J connectivity index is 2.11. The molecule has 1 aliphatic heterocycles. The first-order valence-corrected chi connectivity index (χ1v) is 11.6. The molecule has 3 rings (SSSR count). The molecular weight excluding hydrogens is 513 g/mol. The van der Waals surface area contributed by atoms with Gasteiger partial charge in [-0.1, -0.05) is 23.7 Å². The fourth-order valence-electron chi connectivity index (χ4n) is 4.51. The molecule has 1 saturated heterocycles. The fourth-order valence-corrected chi connectivity index (χ4v) is 7.07. The fraction of sp³-hybridized carbons (Fsp3) is 0.526. The number of nitriles is 1. The molecule has 1 heterocycles. The molecule has 0 spiro atoms. The minimum absolute atomic E-state index is 0.271. The average molecular weight is 530 g/mol. The highest BCUT2D eigenvalue weighted by molar-refractivity contribution is 7.92. The van der Waals surface area contributed by atoms with Crippen molar-refractivity contribution in [1.82, 2.24) is 4.90 Å². The Hall–Kier alpha value is -2.50. The number of alkyl halides is 5. The number of hydrogen-bond donors (Lipinski definition) is 2. The molecule has 0 bridgehead atoms. The molecule has 1 aromatic carbocycles. The van der Waals surface area contributed by atoms with Crippen molar-refractivity contribution < 1.29 is 45.1 Å². The van der Waals surface area contributed by atoms with Crippen LogP contribution in [0.2, 0.25) is 5.02 Å². The van der Waals surface area contributed by atoms with E-state index in [0.717, 1.165) is 23.1 Å². The van der Waals surface area contributed by atoms with E-state index in [9.17, 15) is 50.3 Å². The summed E-state index contributed by atoms with van der Waals surface area (Å²) in [5.41, 5.74) is 3.34. The molecular formula is C19H17ClF5N3O5S. The van der Waals surface area contributed by atoms with E-state index in [0.29, 0.717) is 0 Å². The van der Waals surface area contributed by atoms with E-state index in [2.05, 4.69) is 0 Å². The third-order valence-electron chi connectivity index (χ3n) is 6.26. The third kappa shape index (κ3) is 3.99. The van der Waals surface area contributed by atoms with Gasteiger partial charge in [0.15, 0.2) is 15.3 Å². The van der Waals surface area contributed by atoms with Gasteiger partial charge in [0.25, 0.3) is 0 Å². The molecule has 5 atom stereocenters. The van der Waals surface area contributed by atoms with Crippen molar-refractivity contribution in [1.29, 1.82) is 5.26 Å². The van der Waals surface area contributed by atoms with E-state index in [4.69, 9.17) is 17.3 Å². The van der Waals surface area contributed by atoms with E-state index in [1.165, 1.54) is 6.07 Å². The number of nitrogens with zero attached hydrogens (tertiary/aromatic N) is 2. The topological polar surface area (TPSA) is 142 Å². The van der Waals surface area contributed by atoms with Gasteiger partial charge in [-0.25, -0.2) is 8.42 Å². The van der Waals surface area contributed by atoms with E-state index >= 15 is 0 Å². The Labute approximate surface area is 195 Å². The maximum Gasteiger partial charge on any atom is 0.454 e. The SMILES string of the molecule is N#CC1(C(N)=O)CC1N1C[C@H](C(C(F)(F)C(F)(F)F)S(=O)(=O)c2ccccc2Cl)C[C@H]1C(=O)O. The number of halogens is 6. The molecule has 2 aliphatic rings. The van der Waals surface area contributed by atoms with Crippen molar-refractivity contribution in [3.05, 3.63) is 29.3 Å². The van der Waals surface area contributed by atoms with Gasteiger partial charge < -0.3 is 10.8 Å². The number of amides is 1. The molecule has 8 nitrogen and oxygen atoms in total. The summed E-state index contributed by atoms with van der Waals surface area (Å²) in [7, 11) is -5.46. The molecule has 0 aromatic heterocycles. The molecule has 1 amide bonds. The lowest BCUT2D eigenvalue weighted by Crippen LogP contribution is -2.54. The van der Waals surface area contributed by atoms with Crippen LogP contribution in [0.1, 0.15) is 12.8 Å². The van der Waals surface area contributed by atoms with E-state index in [1.807, 2.05) is 0 Å². The van der Waals surface area contributed by atoms with Crippen LogP contribution >= 0.6 is 11.6 Å². The second kappa shape index (κ2) is 8.31. The smallest absolute Gasteiger partial charge is 0.454 e. The van der Waals surface area contributed by atoms with Gasteiger partial charge in [-0.15, -0.1) is 0 Å². The number of carboxylic acid groups (broad SMARTS) is 1. The van der Waals surface area contributed by atoms with Gasteiger partial charge in [0.2, 0.25) is 5.91 Å². The zero-order valence-electron chi connectivity index (χ0n) is 17.0. The number of aliphatic carboxylic acids is 1. The van der Waals surface area contributed by atoms with Crippen molar-refractivity contribution in [2.75, 3.05) is 6.54 Å². The number of likely N-dealkylation sites (tertiary alicyclic amines) is 1. The predicted octanol–water partition coefficient (Wildman–Crippen LogP) is 2.22. The number of benzene rings is 1. The van der Waals surface area contributed by atoms with Crippen molar-refractivity contribution >= 4 is 33.3 Å². The Bertz CT molecular complexity index is 1170. The van der Waals surface area contributed by atoms with Gasteiger partial charge in [-0.2, -0.15) is 27.2 Å². The summed E-state index contributed by atoms with van der Waals surface area (Å²) in [5, 5.41) is 14.8. The number of nitrogens with two attached hydrogens (primary N) is 1. The normalized spacial score (nSPS) is 28.8. The number of primary amides is 1. The highest BCUT2D eigenvalue weighted by Gasteiger charge is 2.71. The maximum absolute atomic E-state index is 14.7. The zero-order valence-corrected chi connectivity index (χ0v) is 18.5. The van der Waals surface area contributed by atoms with Crippen molar-refractivity contribution in [2.24, 2.45) is 17.1 Å². The summed E-state index contributed by atoms with van der Waals surface area (Å²) in [4.78, 5) is 23.4. The van der Waals surface area contributed by atoms with Crippen LogP contribution in [-0.2, 0) is 19.4 Å². The Morgan fingerprint density at radius 1 is 1.26 bits per heavy atom. The molecule has 186 valence electrons. The lowest BCUT2D eigenvalue weighted by Gasteiger charge is -2.32. The molecule has 34 heavy (non-hydrogen) atoms. The van der Waals surface area contributed by atoms with Crippen molar-refractivity contribution in [2.45, 2.75) is 47.2 Å². The van der Waals surface area contributed by atoms with Gasteiger partial charge >= 0.3 is 18.1 Å². The second-order valence-corrected chi connectivity index (χ2v) is 10.7. The quantitative estimate of drug-likeness (QED) is 0.516. The molecule has 15 heteroatoms.